The lowest BCUT2D eigenvalue weighted by molar-refractivity contribution is 0.0937. The number of nitrogens with one attached hydrogen (secondary N) is 1. The van der Waals surface area contributed by atoms with Crippen molar-refractivity contribution in [2.24, 2.45) is 7.05 Å². The summed E-state index contributed by atoms with van der Waals surface area (Å²) in [6.45, 7) is 1.95. The lowest BCUT2D eigenvalue weighted by Gasteiger charge is -2.13. The molecule has 0 saturated heterocycles. The van der Waals surface area contributed by atoms with E-state index in [1.807, 2.05) is 19.1 Å². The number of hydrogen-bond acceptors (Lipinski definition) is 3. The van der Waals surface area contributed by atoms with E-state index < -0.39 is 0 Å². The van der Waals surface area contributed by atoms with Crippen molar-refractivity contribution in [2.75, 3.05) is 0 Å². The second-order valence-electron chi connectivity index (χ2n) is 4.86. The van der Waals surface area contributed by atoms with Crippen molar-refractivity contribution < 1.29 is 9.21 Å². The van der Waals surface area contributed by atoms with Gasteiger partial charge in [-0.3, -0.25) is 9.59 Å². The first-order valence-electron chi connectivity index (χ1n) is 6.56. The van der Waals surface area contributed by atoms with Crippen LogP contribution in [0.1, 0.15) is 29.5 Å². The molecule has 106 valence electrons. The third-order valence-electron chi connectivity index (χ3n) is 3.13. The van der Waals surface area contributed by atoms with Crippen molar-refractivity contribution >= 4 is 5.91 Å². The second kappa shape index (κ2) is 6.23. The molecule has 0 aromatic carbocycles. The topological polar surface area (TPSA) is 64.2 Å². The molecule has 0 aliphatic carbocycles. The van der Waals surface area contributed by atoms with Gasteiger partial charge >= 0.3 is 0 Å². The highest BCUT2D eigenvalue weighted by molar-refractivity contribution is 5.94. The summed E-state index contributed by atoms with van der Waals surface area (Å²) in [5.41, 5.74) is 0.351. The molecule has 2 aromatic rings. The van der Waals surface area contributed by atoms with E-state index in [0.717, 1.165) is 18.6 Å². The first-order valence-corrected chi connectivity index (χ1v) is 6.56. The van der Waals surface area contributed by atoms with Gasteiger partial charge in [-0.25, -0.2) is 0 Å². The van der Waals surface area contributed by atoms with Crippen LogP contribution in [0.3, 0.4) is 0 Å². The van der Waals surface area contributed by atoms with Gasteiger partial charge < -0.3 is 14.3 Å². The van der Waals surface area contributed by atoms with Gasteiger partial charge in [0.25, 0.3) is 5.91 Å². The summed E-state index contributed by atoms with van der Waals surface area (Å²) >= 11 is 0. The van der Waals surface area contributed by atoms with Crippen LogP contribution in [-0.4, -0.2) is 16.5 Å². The van der Waals surface area contributed by atoms with Crippen molar-refractivity contribution in [3.8, 4) is 0 Å². The Balaban J connectivity index is 1.90. The molecular weight excluding hydrogens is 256 g/mol. The lowest BCUT2D eigenvalue weighted by atomic mass is 10.1. The highest BCUT2D eigenvalue weighted by Gasteiger charge is 2.11. The molecule has 0 aliphatic rings. The van der Waals surface area contributed by atoms with E-state index in [2.05, 4.69) is 5.32 Å². The molecule has 2 heterocycles. The van der Waals surface area contributed by atoms with Gasteiger partial charge in [0.1, 0.15) is 5.76 Å². The molecule has 0 spiro atoms. The minimum absolute atomic E-state index is 0.0323. The maximum Gasteiger partial charge on any atom is 0.252 e. The fourth-order valence-electron chi connectivity index (χ4n) is 1.92. The molecule has 20 heavy (non-hydrogen) atoms. The van der Waals surface area contributed by atoms with Crippen LogP contribution >= 0.6 is 0 Å². The SMILES string of the molecule is C[C@@H](CCc1ccco1)NC(=O)c1ccc(=O)n(C)c1. The highest BCUT2D eigenvalue weighted by Crippen LogP contribution is 2.06. The van der Waals surface area contributed by atoms with Gasteiger partial charge in [0, 0.05) is 31.8 Å². The van der Waals surface area contributed by atoms with Crippen LogP contribution in [0, 0.1) is 0 Å². The summed E-state index contributed by atoms with van der Waals surface area (Å²) in [5, 5.41) is 2.91. The molecule has 0 fully saturated rings. The van der Waals surface area contributed by atoms with Crippen LogP contribution < -0.4 is 10.9 Å². The van der Waals surface area contributed by atoms with Crippen LogP contribution in [0.2, 0.25) is 0 Å². The summed E-state index contributed by atoms with van der Waals surface area (Å²) < 4.78 is 6.64. The molecule has 0 aliphatic heterocycles. The molecule has 0 radical (unpaired) electrons. The van der Waals surface area contributed by atoms with Crippen LogP contribution in [0.25, 0.3) is 0 Å². The normalized spacial score (nSPS) is 12.1. The molecule has 0 unspecified atom stereocenters. The Bertz CT molecular complexity index is 629. The smallest absolute Gasteiger partial charge is 0.252 e. The number of furan rings is 1. The van der Waals surface area contributed by atoms with Crippen molar-refractivity contribution in [3.05, 3.63) is 58.4 Å². The number of aromatic nitrogens is 1. The first kappa shape index (κ1) is 14.1. The zero-order valence-corrected chi connectivity index (χ0v) is 11.6. The van der Waals surface area contributed by atoms with Gasteiger partial charge in [0.15, 0.2) is 0 Å². The maximum atomic E-state index is 12.0. The first-order chi connectivity index (χ1) is 9.56. The molecule has 1 atom stereocenters. The molecular formula is C15H18N2O3. The van der Waals surface area contributed by atoms with E-state index in [-0.39, 0.29) is 17.5 Å². The fourth-order valence-corrected chi connectivity index (χ4v) is 1.92. The van der Waals surface area contributed by atoms with Crippen molar-refractivity contribution in [1.82, 2.24) is 9.88 Å². The number of amides is 1. The maximum absolute atomic E-state index is 12.0. The predicted molar refractivity (Wildman–Crippen MR) is 75.6 cm³/mol. The van der Waals surface area contributed by atoms with E-state index >= 15 is 0 Å². The van der Waals surface area contributed by atoms with E-state index in [1.54, 1.807) is 13.3 Å². The van der Waals surface area contributed by atoms with Gasteiger partial charge in [-0.15, -0.1) is 0 Å². The Morgan fingerprint density at radius 2 is 2.20 bits per heavy atom. The quantitative estimate of drug-likeness (QED) is 0.903. The Morgan fingerprint density at radius 1 is 1.40 bits per heavy atom. The standard InChI is InChI=1S/C15H18N2O3/c1-11(5-7-13-4-3-9-20-13)16-15(19)12-6-8-14(18)17(2)10-12/h3-4,6,8-11H,5,7H2,1-2H3,(H,16,19)/t11-/m0/s1. The fraction of sp³-hybridized carbons (Fsp3) is 0.333. The molecule has 1 amide bonds. The van der Waals surface area contributed by atoms with Crippen molar-refractivity contribution in [3.63, 3.8) is 0 Å². The van der Waals surface area contributed by atoms with E-state index in [9.17, 15) is 9.59 Å². The molecule has 5 heteroatoms. The molecule has 0 saturated carbocycles. The van der Waals surface area contributed by atoms with E-state index in [0.29, 0.717) is 5.56 Å². The molecule has 1 N–H and O–H groups in total. The summed E-state index contributed by atoms with van der Waals surface area (Å²) in [4.78, 5) is 23.3. The summed E-state index contributed by atoms with van der Waals surface area (Å²) in [6.07, 6.45) is 4.76. The minimum Gasteiger partial charge on any atom is -0.469 e. The Labute approximate surface area is 117 Å². The van der Waals surface area contributed by atoms with Crippen molar-refractivity contribution in [1.29, 1.82) is 0 Å². The van der Waals surface area contributed by atoms with Crippen LogP contribution in [-0.2, 0) is 13.5 Å². The number of rotatable bonds is 5. The third kappa shape index (κ3) is 3.60. The van der Waals surface area contributed by atoms with Gasteiger partial charge in [-0.05, 0) is 31.5 Å². The number of carbonyl (C=O) groups excluding carboxylic acids is 1. The largest absolute Gasteiger partial charge is 0.469 e. The minimum atomic E-state index is -0.174. The van der Waals surface area contributed by atoms with Crippen LogP contribution in [0.5, 0.6) is 0 Å². The number of carbonyl (C=O) groups is 1. The zero-order chi connectivity index (χ0) is 14.5. The Hall–Kier alpha value is -2.30. The van der Waals surface area contributed by atoms with Crippen molar-refractivity contribution in [2.45, 2.75) is 25.8 Å². The zero-order valence-electron chi connectivity index (χ0n) is 11.6. The molecule has 0 bridgehead atoms. The van der Waals surface area contributed by atoms with Gasteiger partial charge in [0.2, 0.25) is 5.56 Å². The Kier molecular flexibility index (Phi) is 4.40. The third-order valence-corrected chi connectivity index (χ3v) is 3.13. The number of aryl methyl sites for hydroxylation is 2. The van der Waals surface area contributed by atoms with Crippen LogP contribution in [0.15, 0.2) is 45.9 Å². The monoisotopic (exact) mass is 274 g/mol. The van der Waals surface area contributed by atoms with E-state index in [4.69, 9.17) is 4.42 Å². The lowest BCUT2D eigenvalue weighted by Crippen LogP contribution is -2.33. The second-order valence-corrected chi connectivity index (χ2v) is 4.86. The highest BCUT2D eigenvalue weighted by atomic mass is 16.3. The summed E-state index contributed by atoms with van der Waals surface area (Å²) in [6, 6.07) is 6.73. The Morgan fingerprint density at radius 3 is 2.85 bits per heavy atom. The average molecular weight is 274 g/mol. The predicted octanol–water partition coefficient (Wildman–Crippen LogP) is 1.73. The number of hydrogen-bond donors (Lipinski definition) is 1. The molecule has 2 rings (SSSR count). The van der Waals surface area contributed by atoms with Gasteiger partial charge in [0.05, 0.1) is 11.8 Å². The number of nitrogens with zero attached hydrogens (tertiary/aromatic N) is 1. The number of pyridine rings is 1. The molecule has 2 aromatic heterocycles. The van der Waals surface area contributed by atoms with Crippen LogP contribution in [0.4, 0.5) is 0 Å². The summed E-state index contributed by atoms with van der Waals surface area (Å²) in [7, 11) is 1.62. The van der Waals surface area contributed by atoms with Gasteiger partial charge in [-0.1, -0.05) is 0 Å². The molecule has 5 nitrogen and oxygen atoms in total. The van der Waals surface area contributed by atoms with E-state index in [1.165, 1.54) is 22.9 Å². The van der Waals surface area contributed by atoms with Gasteiger partial charge in [-0.2, -0.15) is 0 Å². The average Bonchev–Trinajstić information content (AvgIpc) is 2.92. The summed E-state index contributed by atoms with van der Waals surface area (Å²) in [5.74, 6) is 0.737.